The van der Waals surface area contributed by atoms with Gasteiger partial charge in [0.15, 0.2) is 34.5 Å². The first kappa shape index (κ1) is 42.5. The van der Waals surface area contributed by atoms with Crippen molar-refractivity contribution in [1.82, 2.24) is 9.80 Å². The highest BCUT2D eigenvalue weighted by Crippen LogP contribution is 2.52. The predicted octanol–water partition coefficient (Wildman–Crippen LogP) is 10.4. The number of benzene rings is 5. The average molecular weight is 817 g/mol. The van der Waals surface area contributed by atoms with E-state index in [9.17, 15) is 5.11 Å². The SMILES string of the molecule is CCCCCCc1ccc(O)cc1O.COc1ccc2cc1Oc1ccc(cc1)CC1c3cc(c(OC)cc3CCN1C)Oc1c(OC)c(OC)cc3c1C(C2)N(C)CC3. The number of nitrogens with zero attached hydrogens (tertiary/aromatic N) is 2. The van der Waals surface area contributed by atoms with Crippen LogP contribution in [0.5, 0.6) is 57.5 Å². The van der Waals surface area contributed by atoms with E-state index in [2.05, 4.69) is 73.3 Å². The van der Waals surface area contributed by atoms with Crippen LogP contribution in [0, 0.1) is 0 Å². The number of hydrogen-bond donors (Lipinski definition) is 2. The summed E-state index contributed by atoms with van der Waals surface area (Å²) in [7, 11) is 11.1. The van der Waals surface area contributed by atoms with Gasteiger partial charge >= 0.3 is 0 Å². The number of aromatic hydroxyl groups is 2. The Morgan fingerprint density at radius 1 is 0.633 bits per heavy atom. The van der Waals surface area contributed by atoms with Crippen molar-refractivity contribution in [3.05, 3.63) is 118 Å². The van der Waals surface area contributed by atoms with Crippen molar-refractivity contribution in [1.29, 1.82) is 0 Å². The number of phenolic OH excluding ortho intramolecular Hbond substituents is 2. The number of ether oxygens (including phenoxy) is 6. The van der Waals surface area contributed by atoms with Gasteiger partial charge < -0.3 is 38.6 Å². The first-order valence-electron chi connectivity index (χ1n) is 21.2. The van der Waals surface area contributed by atoms with E-state index < -0.39 is 0 Å². The van der Waals surface area contributed by atoms with E-state index in [0.29, 0.717) is 40.2 Å². The number of rotatable bonds is 9. The van der Waals surface area contributed by atoms with Crippen LogP contribution in [-0.2, 0) is 32.1 Å². The van der Waals surface area contributed by atoms with Crippen LogP contribution in [0.1, 0.15) is 83.6 Å². The van der Waals surface area contributed by atoms with Gasteiger partial charge in [-0.25, -0.2) is 0 Å². The molecule has 4 heterocycles. The van der Waals surface area contributed by atoms with Crippen molar-refractivity contribution in [2.75, 3.05) is 55.6 Å². The molecule has 2 atom stereocenters. The molecule has 318 valence electrons. The van der Waals surface area contributed by atoms with E-state index in [1.165, 1.54) is 47.6 Å². The fourth-order valence-electron chi connectivity index (χ4n) is 8.78. The number of methoxy groups -OCH3 is 4. The lowest BCUT2D eigenvalue weighted by atomic mass is 9.87. The first-order valence-corrected chi connectivity index (χ1v) is 21.2. The lowest BCUT2D eigenvalue weighted by molar-refractivity contribution is 0.220. The lowest BCUT2D eigenvalue weighted by Gasteiger charge is -2.37. The summed E-state index contributed by atoms with van der Waals surface area (Å²) >= 11 is 0. The Kier molecular flexibility index (Phi) is 13.6. The van der Waals surface area contributed by atoms with Crippen LogP contribution in [0.4, 0.5) is 0 Å². The standard InChI is InChI=1S/C38H42N2O6.C12H18O2/c1-39-15-13-25-20-32(42-4)34-22-28(25)29(39)17-23-7-10-27(11-8-23)45-33-19-24(9-12-31(33)41-3)18-30-36-26(14-16-40(30)2)21-35(43-5)37(44-6)38(36)46-34;1-2-3-4-5-6-10-7-8-11(13)9-12(10)14/h7-12,19-22,29-30H,13-18H2,1-6H3;7-9,13-14H,2-6H2,1H3. The smallest absolute Gasteiger partial charge is 0.204 e. The molecule has 0 aliphatic carbocycles. The highest BCUT2D eigenvalue weighted by Gasteiger charge is 2.35. The zero-order valence-corrected chi connectivity index (χ0v) is 36.2. The third-order valence-corrected chi connectivity index (χ3v) is 12.2. The molecule has 0 spiro atoms. The molecule has 0 saturated heterocycles. The Bertz CT molecular complexity index is 2260. The fraction of sp³-hybridized carbons (Fsp3) is 0.400. The van der Waals surface area contributed by atoms with Gasteiger partial charge in [0.05, 0.1) is 28.4 Å². The number of fused-ring (bicyclic) bond motifs is 2. The Hall–Kier alpha value is -5.58. The summed E-state index contributed by atoms with van der Waals surface area (Å²) in [5.41, 5.74) is 8.08. The van der Waals surface area contributed by atoms with E-state index in [1.54, 1.807) is 40.6 Å². The Labute approximate surface area is 355 Å². The van der Waals surface area contributed by atoms with E-state index in [4.69, 9.17) is 33.5 Å². The average Bonchev–Trinajstić information content (AvgIpc) is 3.25. The van der Waals surface area contributed by atoms with Crippen LogP contribution in [0.3, 0.4) is 0 Å². The van der Waals surface area contributed by atoms with E-state index in [0.717, 1.165) is 74.1 Å². The molecule has 0 fully saturated rings. The van der Waals surface area contributed by atoms with Crippen LogP contribution < -0.4 is 28.4 Å². The van der Waals surface area contributed by atoms with Crippen molar-refractivity contribution < 1.29 is 38.6 Å². The van der Waals surface area contributed by atoms with Gasteiger partial charge in [-0.1, -0.05) is 50.5 Å². The summed E-state index contributed by atoms with van der Waals surface area (Å²) in [6.45, 7) is 4.04. The van der Waals surface area contributed by atoms with Gasteiger partial charge in [0.25, 0.3) is 0 Å². The van der Waals surface area contributed by atoms with Gasteiger partial charge in [-0.2, -0.15) is 0 Å². The third kappa shape index (κ3) is 9.25. The molecule has 5 aromatic rings. The Morgan fingerprint density at radius 2 is 1.30 bits per heavy atom. The molecule has 10 nitrogen and oxygen atoms in total. The zero-order chi connectivity index (χ0) is 42.3. The minimum Gasteiger partial charge on any atom is -0.508 e. The van der Waals surface area contributed by atoms with Crippen molar-refractivity contribution in [2.45, 2.75) is 76.8 Å². The van der Waals surface area contributed by atoms with Crippen LogP contribution in [0.15, 0.2) is 78.9 Å². The van der Waals surface area contributed by atoms with Crippen molar-refractivity contribution >= 4 is 0 Å². The minimum atomic E-state index is 0.000437. The summed E-state index contributed by atoms with van der Waals surface area (Å²) in [5, 5.41) is 18.6. The molecule has 5 aromatic carbocycles. The van der Waals surface area contributed by atoms with Gasteiger partial charge in [-0.15, -0.1) is 0 Å². The molecule has 0 radical (unpaired) electrons. The molecular formula is C50H60N2O8. The van der Waals surface area contributed by atoms with Crippen LogP contribution in [0.25, 0.3) is 0 Å². The van der Waals surface area contributed by atoms with E-state index in [1.807, 2.05) is 18.2 Å². The summed E-state index contributed by atoms with van der Waals surface area (Å²) < 4.78 is 37.1. The van der Waals surface area contributed by atoms with Crippen LogP contribution >= 0.6 is 0 Å². The van der Waals surface area contributed by atoms with Gasteiger partial charge in [0.2, 0.25) is 5.75 Å². The lowest BCUT2D eigenvalue weighted by Crippen LogP contribution is -2.34. The third-order valence-electron chi connectivity index (χ3n) is 12.2. The topological polar surface area (TPSA) is 102 Å². The summed E-state index contributed by atoms with van der Waals surface area (Å²) in [6, 6.07) is 26.0. The summed E-state index contributed by atoms with van der Waals surface area (Å²) in [4.78, 5) is 4.81. The molecule has 0 amide bonds. The number of phenols is 2. The summed E-state index contributed by atoms with van der Waals surface area (Å²) in [5.74, 6) is 5.75. The molecule has 0 saturated carbocycles. The molecule has 6 bridgehead atoms. The molecule has 60 heavy (non-hydrogen) atoms. The maximum atomic E-state index is 9.49. The van der Waals surface area contributed by atoms with Crippen LogP contribution in [-0.4, -0.2) is 75.6 Å². The van der Waals surface area contributed by atoms with E-state index >= 15 is 0 Å². The molecule has 9 rings (SSSR count). The first-order chi connectivity index (χ1) is 29.1. The van der Waals surface area contributed by atoms with Crippen molar-refractivity contribution in [3.8, 4) is 57.5 Å². The highest BCUT2D eigenvalue weighted by atomic mass is 16.5. The zero-order valence-electron chi connectivity index (χ0n) is 36.2. The van der Waals surface area contributed by atoms with Crippen LogP contribution in [0.2, 0.25) is 0 Å². The molecular weight excluding hydrogens is 757 g/mol. The number of unbranched alkanes of at least 4 members (excludes halogenated alkanes) is 3. The van der Waals surface area contributed by atoms with Gasteiger partial charge in [0.1, 0.15) is 17.2 Å². The molecule has 2 unspecified atom stereocenters. The second kappa shape index (κ2) is 19.2. The van der Waals surface area contributed by atoms with E-state index in [-0.39, 0.29) is 23.6 Å². The van der Waals surface area contributed by atoms with Gasteiger partial charge in [-0.3, -0.25) is 9.80 Å². The second-order valence-electron chi connectivity index (χ2n) is 16.1. The maximum Gasteiger partial charge on any atom is 0.204 e. The van der Waals surface area contributed by atoms with Crippen molar-refractivity contribution in [3.63, 3.8) is 0 Å². The highest BCUT2D eigenvalue weighted by molar-refractivity contribution is 5.64. The monoisotopic (exact) mass is 816 g/mol. The second-order valence-corrected chi connectivity index (χ2v) is 16.1. The normalized spacial score (nSPS) is 17.1. The summed E-state index contributed by atoms with van der Waals surface area (Å²) in [6.07, 6.45) is 9.05. The molecule has 2 N–H and O–H groups in total. The number of likely N-dealkylation sites (N-methyl/N-ethyl adjacent to an activating group) is 2. The minimum absolute atomic E-state index is 0.000437. The molecule has 4 aliphatic heterocycles. The van der Waals surface area contributed by atoms with Gasteiger partial charge in [-0.05, 0) is 135 Å². The number of hydrogen-bond acceptors (Lipinski definition) is 10. The largest absolute Gasteiger partial charge is 0.508 e. The quantitative estimate of drug-likeness (QED) is 0.140. The maximum absolute atomic E-state index is 9.49. The van der Waals surface area contributed by atoms with Crippen molar-refractivity contribution in [2.24, 2.45) is 0 Å². The molecule has 10 heteroatoms. The Morgan fingerprint density at radius 3 is 2.00 bits per heavy atom. The van der Waals surface area contributed by atoms with Gasteiger partial charge in [0, 0.05) is 36.8 Å². The fourth-order valence-corrected chi connectivity index (χ4v) is 8.78. The number of aryl methyl sites for hydroxylation is 1. The molecule has 4 aliphatic rings. The molecule has 0 aromatic heterocycles. The Balaban J connectivity index is 0.000000332. The predicted molar refractivity (Wildman–Crippen MR) is 235 cm³/mol.